The second-order valence-corrected chi connectivity index (χ2v) is 5.61. The predicted octanol–water partition coefficient (Wildman–Crippen LogP) is -0.156. The molecular formula is C16H20N6O6. The maximum atomic E-state index is 11.2. The van der Waals surface area contributed by atoms with Gasteiger partial charge in [0.05, 0.1) is 24.3 Å². The van der Waals surface area contributed by atoms with Gasteiger partial charge in [0.2, 0.25) is 17.8 Å². The van der Waals surface area contributed by atoms with Crippen molar-refractivity contribution in [2.75, 3.05) is 48.9 Å². The quantitative estimate of drug-likeness (QED) is 0.315. The maximum Gasteiger partial charge on any atom is 0.335 e. The molecule has 28 heavy (non-hydrogen) atoms. The molecule has 0 bridgehead atoms. The number of hydrogen-bond donors (Lipinski definition) is 6. The van der Waals surface area contributed by atoms with Crippen LogP contribution in [0.25, 0.3) is 0 Å². The van der Waals surface area contributed by atoms with Crippen molar-refractivity contribution >= 4 is 35.5 Å². The molecule has 1 aromatic heterocycles. The Morgan fingerprint density at radius 1 is 0.964 bits per heavy atom. The summed E-state index contributed by atoms with van der Waals surface area (Å²) in [6.45, 7) is 0.149. The molecule has 0 saturated carbocycles. The Hall–Kier alpha value is -3.51. The summed E-state index contributed by atoms with van der Waals surface area (Å²) >= 11 is 0. The van der Waals surface area contributed by atoms with Crippen LogP contribution in [0, 0.1) is 0 Å². The average molecular weight is 392 g/mol. The van der Waals surface area contributed by atoms with E-state index in [4.69, 9.17) is 10.2 Å². The van der Waals surface area contributed by atoms with Crippen molar-refractivity contribution in [2.45, 2.75) is 0 Å². The molecule has 0 atom stereocenters. The van der Waals surface area contributed by atoms with Crippen molar-refractivity contribution in [1.82, 2.24) is 15.0 Å². The number of benzene rings is 1. The third-order valence-electron chi connectivity index (χ3n) is 3.48. The minimum absolute atomic E-state index is 0.0223. The highest BCUT2D eigenvalue weighted by Crippen LogP contribution is 2.20. The topological polar surface area (TPSA) is 181 Å². The highest BCUT2D eigenvalue weighted by molar-refractivity contribution is 5.95. The summed E-state index contributed by atoms with van der Waals surface area (Å²) in [5.41, 5.74) is -0.271. The molecule has 0 amide bonds. The molecule has 150 valence electrons. The Bertz CT molecular complexity index is 829. The van der Waals surface area contributed by atoms with E-state index in [0.717, 1.165) is 6.07 Å². The summed E-state index contributed by atoms with van der Waals surface area (Å²) in [5.74, 6) is -2.20. The van der Waals surface area contributed by atoms with Gasteiger partial charge in [0.1, 0.15) is 0 Å². The van der Waals surface area contributed by atoms with Gasteiger partial charge in [-0.1, -0.05) is 0 Å². The molecule has 2 aromatic rings. The summed E-state index contributed by atoms with van der Waals surface area (Å²) < 4.78 is 0. The van der Waals surface area contributed by atoms with Crippen LogP contribution in [0.3, 0.4) is 0 Å². The zero-order valence-electron chi connectivity index (χ0n) is 15.0. The maximum absolute atomic E-state index is 11.2. The molecule has 0 fully saturated rings. The number of rotatable bonds is 10. The Balaban J connectivity index is 2.42. The van der Waals surface area contributed by atoms with Crippen LogP contribution in [0.4, 0.5) is 23.5 Å². The smallest absolute Gasteiger partial charge is 0.335 e. The van der Waals surface area contributed by atoms with Gasteiger partial charge in [-0.3, -0.25) is 0 Å². The number of hydrogen-bond acceptors (Lipinski definition) is 10. The van der Waals surface area contributed by atoms with Crippen molar-refractivity contribution in [3.8, 4) is 0 Å². The molecule has 0 saturated heterocycles. The van der Waals surface area contributed by atoms with Gasteiger partial charge in [0, 0.05) is 25.8 Å². The van der Waals surface area contributed by atoms with E-state index in [2.05, 4.69) is 25.6 Å². The first-order valence-corrected chi connectivity index (χ1v) is 8.15. The first kappa shape index (κ1) is 20.8. The van der Waals surface area contributed by atoms with E-state index in [1.165, 1.54) is 12.1 Å². The third kappa shape index (κ3) is 5.49. The number of aliphatic hydroxyl groups is 2. The largest absolute Gasteiger partial charge is 0.478 e. The van der Waals surface area contributed by atoms with E-state index in [1.807, 2.05) is 0 Å². The Labute approximate surface area is 159 Å². The summed E-state index contributed by atoms with van der Waals surface area (Å²) in [5, 5.41) is 41.9. The molecule has 12 heteroatoms. The van der Waals surface area contributed by atoms with Gasteiger partial charge in [-0.05, 0) is 18.2 Å². The number of carboxylic acids is 2. The Kier molecular flexibility index (Phi) is 7.01. The van der Waals surface area contributed by atoms with E-state index >= 15 is 0 Å². The number of nitrogens with one attached hydrogen (secondary N) is 2. The molecule has 0 aliphatic heterocycles. The molecule has 6 N–H and O–H groups in total. The summed E-state index contributed by atoms with van der Waals surface area (Å²) in [6.07, 6.45) is 0. The number of carboxylic acid groups (broad SMARTS) is 2. The number of likely N-dealkylation sites (N-methyl/N-ethyl adjacent to an activating group) is 1. The zero-order chi connectivity index (χ0) is 20.7. The fraction of sp³-hybridized carbons (Fsp3) is 0.312. The second kappa shape index (κ2) is 9.43. The summed E-state index contributed by atoms with van der Waals surface area (Å²) in [7, 11) is 1.65. The van der Waals surface area contributed by atoms with Gasteiger partial charge >= 0.3 is 11.9 Å². The van der Waals surface area contributed by atoms with E-state index < -0.39 is 11.9 Å². The standard InChI is InChI=1S/C16H20N6O6/c1-22(3-5-24)16-20-14(17-2-4-23)19-15(21-16)18-11-7-9(12(25)26)6-10(8-11)13(27)28/h6-8,23-24H,2-5H2,1H3,(H,25,26)(H,27,28)(H2,17,18,19,20,21). The first-order valence-electron chi connectivity index (χ1n) is 8.15. The van der Waals surface area contributed by atoms with E-state index in [0.29, 0.717) is 0 Å². The van der Waals surface area contributed by atoms with Crippen LogP contribution in [0.1, 0.15) is 20.7 Å². The average Bonchev–Trinajstić information content (AvgIpc) is 2.66. The molecule has 1 heterocycles. The third-order valence-corrected chi connectivity index (χ3v) is 3.48. The summed E-state index contributed by atoms with van der Waals surface area (Å²) in [4.78, 5) is 36.5. The number of carbonyl (C=O) groups is 2. The summed E-state index contributed by atoms with van der Waals surface area (Å²) in [6, 6.07) is 3.53. The zero-order valence-corrected chi connectivity index (χ0v) is 15.0. The van der Waals surface area contributed by atoms with Crippen LogP contribution in [0.2, 0.25) is 0 Å². The van der Waals surface area contributed by atoms with E-state index in [1.54, 1.807) is 11.9 Å². The molecule has 2 rings (SSSR count). The Morgan fingerprint density at radius 2 is 1.57 bits per heavy atom. The van der Waals surface area contributed by atoms with Gasteiger partial charge in [-0.2, -0.15) is 15.0 Å². The molecule has 0 aliphatic carbocycles. The van der Waals surface area contributed by atoms with E-state index in [-0.39, 0.29) is 61.0 Å². The molecule has 0 spiro atoms. The SMILES string of the molecule is CN(CCO)c1nc(NCCO)nc(Nc2cc(C(=O)O)cc(C(=O)O)c2)n1. The van der Waals surface area contributed by atoms with Crippen LogP contribution in [-0.2, 0) is 0 Å². The number of nitrogens with zero attached hydrogens (tertiary/aromatic N) is 4. The van der Waals surface area contributed by atoms with Crippen molar-refractivity contribution in [2.24, 2.45) is 0 Å². The lowest BCUT2D eigenvalue weighted by Crippen LogP contribution is -2.24. The van der Waals surface area contributed by atoms with Gasteiger partial charge in [0.15, 0.2) is 0 Å². The Morgan fingerprint density at radius 3 is 2.11 bits per heavy atom. The van der Waals surface area contributed by atoms with Crippen molar-refractivity contribution in [3.05, 3.63) is 29.3 Å². The fourth-order valence-corrected chi connectivity index (χ4v) is 2.16. The van der Waals surface area contributed by atoms with Gasteiger partial charge < -0.3 is 36.0 Å². The number of anilines is 4. The lowest BCUT2D eigenvalue weighted by Gasteiger charge is -2.17. The molecule has 1 aromatic carbocycles. The minimum atomic E-state index is -1.28. The molecule has 0 aliphatic rings. The van der Waals surface area contributed by atoms with Crippen LogP contribution in [0.5, 0.6) is 0 Å². The monoisotopic (exact) mass is 392 g/mol. The van der Waals surface area contributed by atoms with Crippen molar-refractivity contribution in [1.29, 1.82) is 0 Å². The second-order valence-electron chi connectivity index (χ2n) is 5.61. The number of aliphatic hydroxyl groups excluding tert-OH is 2. The van der Waals surface area contributed by atoms with Crippen LogP contribution >= 0.6 is 0 Å². The first-order chi connectivity index (χ1) is 13.3. The van der Waals surface area contributed by atoms with Crippen molar-refractivity contribution in [3.63, 3.8) is 0 Å². The van der Waals surface area contributed by atoms with Crippen molar-refractivity contribution < 1.29 is 30.0 Å². The molecule has 12 nitrogen and oxygen atoms in total. The molecular weight excluding hydrogens is 372 g/mol. The lowest BCUT2D eigenvalue weighted by atomic mass is 10.1. The highest BCUT2D eigenvalue weighted by atomic mass is 16.4. The number of aromatic nitrogens is 3. The minimum Gasteiger partial charge on any atom is -0.478 e. The predicted molar refractivity (Wildman–Crippen MR) is 99.4 cm³/mol. The highest BCUT2D eigenvalue weighted by Gasteiger charge is 2.14. The van der Waals surface area contributed by atoms with Crippen LogP contribution in [-0.4, -0.2) is 80.7 Å². The molecule has 0 unspecified atom stereocenters. The lowest BCUT2D eigenvalue weighted by molar-refractivity contribution is 0.0696. The van der Waals surface area contributed by atoms with Gasteiger partial charge in [0.25, 0.3) is 0 Å². The number of aromatic carboxylic acids is 2. The van der Waals surface area contributed by atoms with E-state index in [9.17, 15) is 19.8 Å². The molecule has 0 radical (unpaired) electrons. The van der Waals surface area contributed by atoms with Crippen LogP contribution < -0.4 is 15.5 Å². The van der Waals surface area contributed by atoms with Crippen LogP contribution in [0.15, 0.2) is 18.2 Å². The van der Waals surface area contributed by atoms with Gasteiger partial charge in [-0.25, -0.2) is 9.59 Å². The normalized spacial score (nSPS) is 10.4. The van der Waals surface area contributed by atoms with Gasteiger partial charge in [-0.15, -0.1) is 0 Å². The fourth-order valence-electron chi connectivity index (χ4n) is 2.16.